The van der Waals surface area contributed by atoms with Crippen LogP contribution in [0.25, 0.3) is 10.9 Å². The molecule has 2 aromatic carbocycles. The van der Waals surface area contributed by atoms with Crippen LogP contribution >= 0.6 is 0 Å². The van der Waals surface area contributed by atoms with Gasteiger partial charge in [0.15, 0.2) is 0 Å². The van der Waals surface area contributed by atoms with Crippen molar-refractivity contribution in [3.8, 4) is 5.75 Å². The Balaban J connectivity index is 2.10. The molecule has 24 heavy (non-hydrogen) atoms. The first-order valence-electron chi connectivity index (χ1n) is 7.93. The molecule has 0 unspecified atom stereocenters. The van der Waals surface area contributed by atoms with Crippen LogP contribution in [0.1, 0.15) is 23.7 Å². The van der Waals surface area contributed by atoms with Crippen molar-refractivity contribution in [2.24, 2.45) is 0 Å². The normalized spacial score (nSPS) is 10.8. The quantitative estimate of drug-likeness (QED) is 0.665. The van der Waals surface area contributed by atoms with Gasteiger partial charge < -0.3 is 14.0 Å². The average molecular weight is 323 g/mol. The van der Waals surface area contributed by atoms with Crippen LogP contribution in [0.3, 0.4) is 0 Å². The zero-order valence-electron chi connectivity index (χ0n) is 14.2. The fraction of sp³-hybridized carbons (Fsp3) is 0.250. The molecule has 0 saturated carbocycles. The van der Waals surface area contributed by atoms with Gasteiger partial charge in [0.2, 0.25) is 0 Å². The van der Waals surface area contributed by atoms with E-state index in [0.717, 1.165) is 34.5 Å². The van der Waals surface area contributed by atoms with Gasteiger partial charge >= 0.3 is 5.97 Å². The van der Waals surface area contributed by atoms with Gasteiger partial charge in [0, 0.05) is 35.6 Å². The topological polar surface area (TPSA) is 40.5 Å². The molecule has 0 spiro atoms. The SMILES string of the molecule is COc1ccc2c(c1)c(COC(C)=O)c(C)n2Cc1ccccc1. The maximum absolute atomic E-state index is 11.2. The predicted molar refractivity (Wildman–Crippen MR) is 94.2 cm³/mol. The zero-order valence-corrected chi connectivity index (χ0v) is 14.2. The van der Waals surface area contributed by atoms with Gasteiger partial charge in [0.05, 0.1) is 7.11 Å². The minimum absolute atomic E-state index is 0.270. The fourth-order valence-corrected chi connectivity index (χ4v) is 2.98. The molecular weight excluding hydrogens is 302 g/mol. The summed E-state index contributed by atoms with van der Waals surface area (Å²) in [7, 11) is 1.65. The first-order valence-corrected chi connectivity index (χ1v) is 7.93. The summed E-state index contributed by atoms with van der Waals surface area (Å²) in [5.41, 5.74) is 4.46. The van der Waals surface area contributed by atoms with Crippen molar-refractivity contribution in [1.29, 1.82) is 0 Å². The average Bonchev–Trinajstić information content (AvgIpc) is 2.85. The molecule has 0 bridgehead atoms. The number of methoxy groups -OCH3 is 1. The maximum Gasteiger partial charge on any atom is 0.302 e. The van der Waals surface area contributed by atoms with Gasteiger partial charge in [-0.3, -0.25) is 4.79 Å². The second kappa shape index (κ2) is 6.79. The van der Waals surface area contributed by atoms with Gasteiger partial charge in [-0.15, -0.1) is 0 Å². The molecule has 0 aliphatic heterocycles. The Kier molecular flexibility index (Phi) is 4.56. The van der Waals surface area contributed by atoms with Crippen molar-refractivity contribution in [3.63, 3.8) is 0 Å². The number of ether oxygens (including phenoxy) is 2. The van der Waals surface area contributed by atoms with Crippen LogP contribution in [0.5, 0.6) is 5.75 Å². The molecule has 0 amide bonds. The van der Waals surface area contributed by atoms with Crippen LogP contribution < -0.4 is 4.74 Å². The van der Waals surface area contributed by atoms with E-state index in [2.05, 4.69) is 29.7 Å². The lowest BCUT2D eigenvalue weighted by molar-refractivity contribution is -0.142. The number of hydrogen-bond donors (Lipinski definition) is 0. The Morgan fingerprint density at radius 2 is 1.88 bits per heavy atom. The number of fused-ring (bicyclic) bond motifs is 1. The summed E-state index contributed by atoms with van der Waals surface area (Å²) in [5, 5.41) is 1.06. The summed E-state index contributed by atoms with van der Waals surface area (Å²) < 4.78 is 12.9. The number of carbonyl (C=O) groups is 1. The Bertz CT molecular complexity index is 865. The van der Waals surface area contributed by atoms with Gasteiger partial charge in [-0.2, -0.15) is 0 Å². The van der Waals surface area contributed by atoms with E-state index in [1.54, 1.807) is 7.11 Å². The molecule has 1 aromatic heterocycles. The van der Waals surface area contributed by atoms with E-state index in [-0.39, 0.29) is 12.6 Å². The minimum atomic E-state index is -0.277. The number of esters is 1. The van der Waals surface area contributed by atoms with E-state index in [0.29, 0.717) is 0 Å². The molecule has 3 aromatic rings. The molecule has 0 N–H and O–H groups in total. The molecule has 0 atom stereocenters. The third-order valence-corrected chi connectivity index (χ3v) is 4.26. The lowest BCUT2D eigenvalue weighted by Gasteiger charge is -2.09. The van der Waals surface area contributed by atoms with Crippen molar-refractivity contribution < 1.29 is 14.3 Å². The van der Waals surface area contributed by atoms with E-state index < -0.39 is 0 Å². The van der Waals surface area contributed by atoms with Crippen LogP contribution in [-0.2, 0) is 22.7 Å². The number of benzene rings is 2. The van der Waals surface area contributed by atoms with Crippen molar-refractivity contribution in [1.82, 2.24) is 4.57 Å². The fourth-order valence-electron chi connectivity index (χ4n) is 2.98. The highest BCUT2D eigenvalue weighted by molar-refractivity contribution is 5.87. The minimum Gasteiger partial charge on any atom is -0.497 e. The number of rotatable bonds is 5. The van der Waals surface area contributed by atoms with Crippen LogP contribution in [0.15, 0.2) is 48.5 Å². The molecule has 0 saturated heterocycles. The van der Waals surface area contributed by atoms with E-state index in [1.165, 1.54) is 12.5 Å². The second-order valence-electron chi connectivity index (χ2n) is 5.80. The molecule has 124 valence electrons. The molecule has 3 rings (SSSR count). The summed E-state index contributed by atoms with van der Waals surface area (Å²) in [6.07, 6.45) is 0. The van der Waals surface area contributed by atoms with E-state index in [9.17, 15) is 4.79 Å². The highest BCUT2D eigenvalue weighted by Crippen LogP contribution is 2.30. The second-order valence-corrected chi connectivity index (χ2v) is 5.80. The number of nitrogens with zero attached hydrogens (tertiary/aromatic N) is 1. The maximum atomic E-state index is 11.2. The largest absolute Gasteiger partial charge is 0.497 e. The van der Waals surface area contributed by atoms with Crippen molar-refractivity contribution in [3.05, 3.63) is 65.4 Å². The molecular formula is C20H21NO3. The number of hydrogen-bond acceptors (Lipinski definition) is 3. The third kappa shape index (κ3) is 3.13. The predicted octanol–water partition coefficient (Wildman–Crippen LogP) is 4.07. The highest BCUT2D eigenvalue weighted by Gasteiger charge is 2.16. The van der Waals surface area contributed by atoms with Crippen LogP contribution in [0.2, 0.25) is 0 Å². The summed E-state index contributed by atoms with van der Waals surface area (Å²) in [6, 6.07) is 16.3. The standard InChI is InChI=1S/C20H21NO3/c1-14-19(13-24-15(2)22)18-11-17(23-3)9-10-20(18)21(14)12-16-7-5-4-6-8-16/h4-11H,12-13H2,1-3H3. The summed E-state index contributed by atoms with van der Waals surface area (Å²) in [6.45, 7) is 4.54. The van der Waals surface area contributed by atoms with Crippen molar-refractivity contribution in [2.75, 3.05) is 7.11 Å². The lowest BCUT2D eigenvalue weighted by Crippen LogP contribution is -2.04. The van der Waals surface area contributed by atoms with E-state index in [4.69, 9.17) is 9.47 Å². The molecule has 0 fully saturated rings. The number of carbonyl (C=O) groups excluding carboxylic acids is 1. The first kappa shape index (κ1) is 16.1. The van der Waals surface area contributed by atoms with Gasteiger partial charge in [0.25, 0.3) is 0 Å². The number of aromatic nitrogens is 1. The Morgan fingerprint density at radius 1 is 1.12 bits per heavy atom. The van der Waals surface area contributed by atoms with Gasteiger partial charge in [-0.25, -0.2) is 0 Å². The first-order chi connectivity index (χ1) is 11.6. The van der Waals surface area contributed by atoms with Gasteiger partial charge in [-0.05, 0) is 30.7 Å². The Labute approximate surface area is 141 Å². The molecule has 1 heterocycles. The molecule has 0 aliphatic carbocycles. The smallest absolute Gasteiger partial charge is 0.302 e. The van der Waals surface area contributed by atoms with Crippen LogP contribution in [0.4, 0.5) is 0 Å². The summed E-state index contributed by atoms with van der Waals surface area (Å²) in [4.78, 5) is 11.2. The van der Waals surface area contributed by atoms with E-state index in [1.807, 2.05) is 30.3 Å². The monoisotopic (exact) mass is 323 g/mol. The molecule has 4 heteroatoms. The van der Waals surface area contributed by atoms with Crippen LogP contribution in [0, 0.1) is 6.92 Å². The van der Waals surface area contributed by atoms with Gasteiger partial charge in [-0.1, -0.05) is 30.3 Å². The Morgan fingerprint density at radius 3 is 2.54 bits per heavy atom. The van der Waals surface area contributed by atoms with E-state index >= 15 is 0 Å². The van der Waals surface area contributed by atoms with Crippen molar-refractivity contribution >= 4 is 16.9 Å². The van der Waals surface area contributed by atoms with Crippen molar-refractivity contribution in [2.45, 2.75) is 27.0 Å². The summed E-state index contributed by atoms with van der Waals surface area (Å²) in [5.74, 6) is 0.518. The summed E-state index contributed by atoms with van der Waals surface area (Å²) >= 11 is 0. The van der Waals surface area contributed by atoms with Gasteiger partial charge in [0.1, 0.15) is 12.4 Å². The molecule has 0 aliphatic rings. The molecule has 4 nitrogen and oxygen atoms in total. The lowest BCUT2D eigenvalue weighted by atomic mass is 10.1. The molecule has 0 radical (unpaired) electrons. The zero-order chi connectivity index (χ0) is 17.1. The third-order valence-electron chi connectivity index (χ3n) is 4.26. The van der Waals surface area contributed by atoms with Crippen LogP contribution in [-0.4, -0.2) is 17.6 Å². The Hall–Kier alpha value is -2.75. The highest BCUT2D eigenvalue weighted by atomic mass is 16.5.